The summed E-state index contributed by atoms with van der Waals surface area (Å²) >= 11 is 0. The first-order valence-corrected chi connectivity index (χ1v) is 8.85. The number of nitrogens with zero attached hydrogens (tertiary/aromatic N) is 3. The van der Waals surface area contributed by atoms with Gasteiger partial charge >= 0.3 is 0 Å². The van der Waals surface area contributed by atoms with Gasteiger partial charge in [0.25, 0.3) is 5.91 Å². The maximum absolute atomic E-state index is 14.2. The van der Waals surface area contributed by atoms with Crippen LogP contribution in [0.1, 0.15) is 42.0 Å². The molecule has 1 amide bonds. The molecule has 2 unspecified atom stereocenters. The largest absolute Gasteiger partial charge is 0.372 e. The van der Waals surface area contributed by atoms with Gasteiger partial charge in [0.15, 0.2) is 5.69 Å². The van der Waals surface area contributed by atoms with Gasteiger partial charge in [0.2, 0.25) is 0 Å². The number of ether oxygens (including phenoxy) is 1. The minimum Gasteiger partial charge on any atom is -0.372 e. The third-order valence-electron chi connectivity index (χ3n) is 4.92. The van der Waals surface area contributed by atoms with E-state index in [1.165, 1.54) is 6.07 Å². The van der Waals surface area contributed by atoms with Crippen LogP contribution in [0.5, 0.6) is 0 Å². The van der Waals surface area contributed by atoms with Crippen LogP contribution in [-0.4, -0.2) is 45.9 Å². The summed E-state index contributed by atoms with van der Waals surface area (Å²) in [5.41, 5.74) is 2.81. The highest BCUT2D eigenvalue weighted by Gasteiger charge is 2.33. The van der Waals surface area contributed by atoms with Crippen LogP contribution in [0.3, 0.4) is 0 Å². The molecule has 1 fully saturated rings. The minimum absolute atomic E-state index is 0.00871. The minimum atomic E-state index is -0.327. The molecule has 1 aromatic heterocycles. The fraction of sp³-hybridized carbons (Fsp3) is 0.474. The van der Waals surface area contributed by atoms with E-state index in [9.17, 15) is 9.18 Å². The van der Waals surface area contributed by atoms with E-state index in [1.807, 2.05) is 18.7 Å². The number of fused-ring (bicyclic) bond motifs is 1. The molecule has 132 valence electrons. The summed E-state index contributed by atoms with van der Waals surface area (Å²) in [6.45, 7) is 5.06. The first kappa shape index (κ1) is 16.3. The SMILES string of the molecule is CC1CN(C(=O)c2nn(-c3ccccc3F)c3c2CCC3)CC(C)O1. The van der Waals surface area contributed by atoms with Crippen LogP contribution in [0.2, 0.25) is 0 Å². The Morgan fingerprint density at radius 2 is 1.92 bits per heavy atom. The fourth-order valence-electron chi connectivity index (χ4n) is 3.93. The van der Waals surface area contributed by atoms with Crippen LogP contribution in [-0.2, 0) is 17.6 Å². The third-order valence-corrected chi connectivity index (χ3v) is 4.92. The molecule has 1 aromatic carbocycles. The molecule has 1 aliphatic heterocycles. The van der Waals surface area contributed by atoms with E-state index in [0.717, 1.165) is 30.5 Å². The lowest BCUT2D eigenvalue weighted by Crippen LogP contribution is -2.48. The molecule has 25 heavy (non-hydrogen) atoms. The molecular weight excluding hydrogens is 321 g/mol. The Morgan fingerprint density at radius 1 is 1.20 bits per heavy atom. The predicted octanol–water partition coefficient (Wildman–Crippen LogP) is 2.75. The number of para-hydroxylation sites is 1. The average molecular weight is 343 g/mol. The Bertz CT molecular complexity index is 807. The lowest BCUT2D eigenvalue weighted by Gasteiger charge is -2.35. The number of hydrogen-bond acceptors (Lipinski definition) is 3. The topological polar surface area (TPSA) is 47.4 Å². The van der Waals surface area contributed by atoms with Crippen molar-refractivity contribution in [3.05, 3.63) is 47.0 Å². The van der Waals surface area contributed by atoms with E-state index in [0.29, 0.717) is 24.5 Å². The Kier molecular flexibility index (Phi) is 4.07. The van der Waals surface area contributed by atoms with Crippen LogP contribution >= 0.6 is 0 Å². The summed E-state index contributed by atoms with van der Waals surface area (Å²) in [7, 11) is 0. The van der Waals surface area contributed by atoms with Crippen molar-refractivity contribution in [1.82, 2.24) is 14.7 Å². The van der Waals surface area contributed by atoms with Gasteiger partial charge in [-0.15, -0.1) is 0 Å². The number of benzene rings is 1. The second-order valence-corrected chi connectivity index (χ2v) is 6.96. The first-order chi connectivity index (χ1) is 12.0. The Hall–Kier alpha value is -2.21. The lowest BCUT2D eigenvalue weighted by atomic mass is 10.1. The molecule has 0 spiro atoms. The molecule has 1 saturated heterocycles. The van der Waals surface area contributed by atoms with Crippen molar-refractivity contribution in [2.24, 2.45) is 0 Å². The zero-order chi connectivity index (χ0) is 17.6. The number of amides is 1. The van der Waals surface area contributed by atoms with Gasteiger partial charge in [-0.1, -0.05) is 12.1 Å². The summed E-state index contributed by atoms with van der Waals surface area (Å²) in [6, 6.07) is 6.57. The molecular formula is C19H22FN3O2. The molecule has 2 atom stereocenters. The van der Waals surface area contributed by atoms with Crippen molar-refractivity contribution in [1.29, 1.82) is 0 Å². The van der Waals surface area contributed by atoms with Crippen molar-refractivity contribution in [3.63, 3.8) is 0 Å². The van der Waals surface area contributed by atoms with Gasteiger partial charge in [0.05, 0.1) is 12.2 Å². The van der Waals surface area contributed by atoms with Gasteiger partial charge in [-0.2, -0.15) is 5.10 Å². The molecule has 0 saturated carbocycles. The van der Waals surface area contributed by atoms with Gasteiger partial charge in [-0.25, -0.2) is 9.07 Å². The number of carbonyl (C=O) groups excluding carboxylic acids is 1. The van der Waals surface area contributed by atoms with E-state index < -0.39 is 0 Å². The first-order valence-electron chi connectivity index (χ1n) is 8.85. The van der Waals surface area contributed by atoms with E-state index in [4.69, 9.17) is 4.74 Å². The highest BCUT2D eigenvalue weighted by molar-refractivity contribution is 5.94. The zero-order valence-electron chi connectivity index (χ0n) is 14.5. The second kappa shape index (κ2) is 6.26. The molecule has 4 rings (SSSR count). The number of rotatable bonds is 2. The quantitative estimate of drug-likeness (QED) is 0.842. The number of halogens is 1. The second-order valence-electron chi connectivity index (χ2n) is 6.96. The molecule has 2 heterocycles. The highest BCUT2D eigenvalue weighted by Crippen LogP contribution is 2.29. The van der Waals surface area contributed by atoms with Crippen molar-refractivity contribution in [2.75, 3.05) is 13.1 Å². The van der Waals surface area contributed by atoms with Crippen LogP contribution in [0.25, 0.3) is 5.69 Å². The van der Waals surface area contributed by atoms with Crippen LogP contribution in [0, 0.1) is 5.82 Å². The number of morpholine rings is 1. The number of hydrogen-bond donors (Lipinski definition) is 0. The molecule has 5 nitrogen and oxygen atoms in total. The van der Waals surface area contributed by atoms with Crippen LogP contribution in [0.4, 0.5) is 4.39 Å². The maximum Gasteiger partial charge on any atom is 0.274 e. The van der Waals surface area contributed by atoms with Gasteiger partial charge in [0, 0.05) is 24.3 Å². The molecule has 0 N–H and O–H groups in total. The van der Waals surface area contributed by atoms with E-state index in [2.05, 4.69) is 5.10 Å². The maximum atomic E-state index is 14.2. The van der Waals surface area contributed by atoms with Crippen LogP contribution < -0.4 is 0 Å². The predicted molar refractivity (Wildman–Crippen MR) is 91.5 cm³/mol. The van der Waals surface area contributed by atoms with Crippen LogP contribution in [0.15, 0.2) is 24.3 Å². The number of carbonyl (C=O) groups is 1. The van der Waals surface area contributed by atoms with E-state index >= 15 is 0 Å². The van der Waals surface area contributed by atoms with Crippen molar-refractivity contribution >= 4 is 5.91 Å². The summed E-state index contributed by atoms with van der Waals surface area (Å²) in [5, 5.41) is 4.53. The zero-order valence-corrected chi connectivity index (χ0v) is 14.5. The monoisotopic (exact) mass is 343 g/mol. The Morgan fingerprint density at radius 3 is 2.64 bits per heavy atom. The van der Waals surface area contributed by atoms with E-state index in [-0.39, 0.29) is 23.9 Å². The van der Waals surface area contributed by atoms with Crippen molar-refractivity contribution in [2.45, 2.75) is 45.3 Å². The standard InChI is InChI=1S/C19H22FN3O2/c1-12-10-22(11-13(2)25-12)19(24)18-14-6-5-9-16(14)23(21-18)17-8-4-3-7-15(17)20/h3-4,7-8,12-13H,5-6,9-11H2,1-2H3. The summed E-state index contributed by atoms with van der Waals surface area (Å²) in [5.74, 6) is -0.400. The molecule has 2 aliphatic rings. The van der Waals surface area contributed by atoms with Gasteiger partial charge in [0.1, 0.15) is 11.5 Å². The molecule has 0 radical (unpaired) electrons. The molecule has 2 aromatic rings. The Labute approximate surface area is 146 Å². The average Bonchev–Trinajstić information content (AvgIpc) is 3.16. The summed E-state index contributed by atoms with van der Waals surface area (Å²) in [4.78, 5) is 14.9. The molecule has 6 heteroatoms. The molecule has 0 bridgehead atoms. The summed E-state index contributed by atoms with van der Waals surface area (Å²) < 4.78 is 21.6. The smallest absolute Gasteiger partial charge is 0.274 e. The lowest BCUT2D eigenvalue weighted by molar-refractivity contribution is -0.0587. The Balaban J connectivity index is 1.73. The van der Waals surface area contributed by atoms with E-state index in [1.54, 1.807) is 22.9 Å². The highest BCUT2D eigenvalue weighted by atomic mass is 19.1. The van der Waals surface area contributed by atoms with Gasteiger partial charge in [-0.3, -0.25) is 4.79 Å². The van der Waals surface area contributed by atoms with Crippen molar-refractivity contribution < 1.29 is 13.9 Å². The van der Waals surface area contributed by atoms with Crippen molar-refractivity contribution in [3.8, 4) is 5.69 Å². The summed E-state index contributed by atoms with van der Waals surface area (Å²) in [6.07, 6.45) is 2.63. The fourth-order valence-corrected chi connectivity index (χ4v) is 3.93. The third kappa shape index (κ3) is 2.84. The molecule has 1 aliphatic carbocycles. The van der Waals surface area contributed by atoms with Gasteiger partial charge in [-0.05, 0) is 45.2 Å². The van der Waals surface area contributed by atoms with Gasteiger partial charge < -0.3 is 9.64 Å². The number of aromatic nitrogens is 2. The normalized spacial score (nSPS) is 22.9.